The number of carbonyl (C=O) groups excluding carboxylic acids is 2. The predicted octanol–water partition coefficient (Wildman–Crippen LogP) is 4.26. The fourth-order valence-corrected chi connectivity index (χ4v) is 2.26. The summed E-state index contributed by atoms with van der Waals surface area (Å²) in [5.41, 5.74) is 0.996. The molecule has 108 valence electrons. The molecule has 0 amide bonds. The minimum Gasteiger partial charge on any atom is -0.423 e. The van der Waals surface area contributed by atoms with Gasteiger partial charge in [-0.15, -0.1) is 0 Å². The van der Waals surface area contributed by atoms with Crippen LogP contribution in [0.4, 0.5) is 0 Å². The lowest BCUT2D eigenvalue weighted by molar-refractivity contribution is 0.0734. The van der Waals surface area contributed by atoms with Crippen molar-refractivity contribution in [3.05, 3.63) is 77.9 Å². The number of carbonyl (C=O) groups is 2. The normalized spacial score (nSPS) is 10.4. The predicted molar refractivity (Wildman–Crippen MR) is 85.4 cm³/mol. The molecule has 3 nitrogen and oxygen atoms in total. The van der Waals surface area contributed by atoms with Crippen molar-refractivity contribution in [3.63, 3.8) is 0 Å². The molecule has 3 aromatic rings. The van der Waals surface area contributed by atoms with Crippen molar-refractivity contribution in [2.24, 2.45) is 0 Å². The van der Waals surface area contributed by atoms with Crippen LogP contribution in [0.1, 0.15) is 27.6 Å². The van der Waals surface area contributed by atoms with Gasteiger partial charge in [-0.05, 0) is 42.0 Å². The van der Waals surface area contributed by atoms with E-state index < -0.39 is 5.97 Å². The Labute approximate surface area is 128 Å². The molecule has 3 aromatic carbocycles. The van der Waals surface area contributed by atoms with E-state index in [-0.39, 0.29) is 5.78 Å². The average molecular weight is 290 g/mol. The van der Waals surface area contributed by atoms with E-state index in [4.69, 9.17) is 4.74 Å². The zero-order valence-electron chi connectivity index (χ0n) is 12.1. The summed E-state index contributed by atoms with van der Waals surface area (Å²) in [5, 5.41) is 2.05. The molecule has 0 heterocycles. The lowest BCUT2D eigenvalue weighted by Crippen LogP contribution is -2.08. The van der Waals surface area contributed by atoms with Crippen LogP contribution in [0.3, 0.4) is 0 Å². The fraction of sp³-hybridized carbons (Fsp3) is 0.0526. The molecular formula is C19H14O3. The molecular weight excluding hydrogens is 276 g/mol. The van der Waals surface area contributed by atoms with Crippen molar-refractivity contribution < 1.29 is 14.3 Å². The summed E-state index contributed by atoms with van der Waals surface area (Å²) in [6, 6.07) is 19.8. The van der Waals surface area contributed by atoms with E-state index in [0.29, 0.717) is 16.9 Å². The highest BCUT2D eigenvalue weighted by Gasteiger charge is 2.10. The lowest BCUT2D eigenvalue weighted by Gasteiger charge is -2.06. The second-order valence-corrected chi connectivity index (χ2v) is 5.04. The molecule has 0 aliphatic rings. The van der Waals surface area contributed by atoms with Gasteiger partial charge in [-0.1, -0.05) is 42.5 Å². The van der Waals surface area contributed by atoms with E-state index in [1.807, 2.05) is 30.3 Å². The second kappa shape index (κ2) is 5.82. The number of hydrogen-bond donors (Lipinski definition) is 0. The highest BCUT2D eigenvalue weighted by Crippen LogP contribution is 2.19. The van der Waals surface area contributed by atoms with Crippen LogP contribution in [0.2, 0.25) is 0 Å². The smallest absolute Gasteiger partial charge is 0.343 e. The molecule has 0 atom stereocenters. The molecule has 0 radical (unpaired) electrons. The standard InChI is InChI=1S/C19H14O3/c1-13(20)15-7-4-8-18(12-15)22-19(21)17-10-9-14-5-2-3-6-16(14)11-17/h2-12H,1H3. The van der Waals surface area contributed by atoms with Gasteiger partial charge in [0, 0.05) is 5.56 Å². The van der Waals surface area contributed by atoms with Crippen LogP contribution in [0.5, 0.6) is 5.75 Å². The maximum absolute atomic E-state index is 12.2. The number of Topliss-reactive ketones (excluding diaryl/α,β-unsaturated/α-hetero) is 1. The van der Waals surface area contributed by atoms with Gasteiger partial charge in [0.1, 0.15) is 5.75 Å². The van der Waals surface area contributed by atoms with Crippen LogP contribution in [0, 0.1) is 0 Å². The van der Waals surface area contributed by atoms with Crippen molar-refractivity contribution in [2.45, 2.75) is 6.92 Å². The maximum Gasteiger partial charge on any atom is 0.343 e. The maximum atomic E-state index is 12.2. The number of hydrogen-bond acceptors (Lipinski definition) is 3. The number of benzene rings is 3. The molecule has 0 unspecified atom stereocenters. The average Bonchev–Trinajstić information content (AvgIpc) is 2.54. The molecule has 0 aliphatic heterocycles. The van der Waals surface area contributed by atoms with Crippen LogP contribution in [-0.2, 0) is 0 Å². The van der Waals surface area contributed by atoms with Crippen molar-refractivity contribution in [3.8, 4) is 5.75 Å². The van der Waals surface area contributed by atoms with Gasteiger partial charge in [-0.2, -0.15) is 0 Å². The topological polar surface area (TPSA) is 43.4 Å². The zero-order chi connectivity index (χ0) is 15.5. The Morgan fingerprint density at radius 1 is 0.773 bits per heavy atom. The summed E-state index contributed by atoms with van der Waals surface area (Å²) in [5.74, 6) is -0.138. The number of fused-ring (bicyclic) bond motifs is 1. The van der Waals surface area contributed by atoms with Gasteiger partial charge in [0.25, 0.3) is 0 Å². The quantitative estimate of drug-likeness (QED) is 0.411. The lowest BCUT2D eigenvalue weighted by atomic mass is 10.1. The summed E-state index contributed by atoms with van der Waals surface area (Å²) in [4.78, 5) is 23.6. The van der Waals surface area contributed by atoms with Crippen LogP contribution >= 0.6 is 0 Å². The van der Waals surface area contributed by atoms with E-state index in [1.165, 1.54) is 6.92 Å². The van der Waals surface area contributed by atoms with Gasteiger partial charge < -0.3 is 4.74 Å². The largest absolute Gasteiger partial charge is 0.423 e. The van der Waals surface area contributed by atoms with Gasteiger partial charge in [0.2, 0.25) is 0 Å². The fourth-order valence-electron chi connectivity index (χ4n) is 2.26. The molecule has 0 aliphatic carbocycles. The molecule has 0 spiro atoms. The minimum atomic E-state index is -0.438. The third kappa shape index (κ3) is 2.88. The summed E-state index contributed by atoms with van der Waals surface area (Å²) in [6.07, 6.45) is 0. The molecule has 3 heteroatoms. The van der Waals surface area contributed by atoms with Crippen LogP contribution in [-0.4, -0.2) is 11.8 Å². The van der Waals surface area contributed by atoms with E-state index >= 15 is 0 Å². The van der Waals surface area contributed by atoms with Crippen molar-refractivity contribution in [1.29, 1.82) is 0 Å². The number of rotatable bonds is 3. The molecule has 3 rings (SSSR count). The van der Waals surface area contributed by atoms with Crippen molar-refractivity contribution in [1.82, 2.24) is 0 Å². The number of esters is 1. The van der Waals surface area contributed by atoms with Crippen LogP contribution in [0.25, 0.3) is 10.8 Å². The number of ether oxygens (including phenoxy) is 1. The van der Waals surface area contributed by atoms with Crippen LogP contribution < -0.4 is 4.74 Å². The minimum absolute atomic E-state index is 0.0661. The van der Waals surface area contributed by atoms with Gasteiger partial charge >= 0.3 is 5.97 Å². The van der Waals surface area contributed by atoms with Gasteiger partial charge in [0.15, 0.2) is 5.78 Å². The third-order valence-electron chi connectivity index (χ3n) is 3.44. The van der Waals surface area contributed by atoms with Crippen molar-refractivity contribution in [2.75, 3.05) is 0 Å². The monoisotopic (exact) mass is 290 g/mol. The Kier molecular flexibility index (Phi) is 3.71. The van der Waals surface area contributed by atoms with Gasteiger partial charge in [-0.3, -0.25) is 4.79 Å². The van der Waals surface area contributed by atoms with Gasteiger partial charge in [-0.25, -0.2) is 4.79 Å². The second-order valence-electron chi connectivity index (χ2n) is 5.04. The molecule has 0 saturated carbocycles. The summed E-state index contributed by atoms with van der Waals surface area (Å²) < 4.78 is 5.35. The zero-order valence-corrected chi connectivity index (χ0v) is 12.1. The number of ketones is 1. The van der Waals surface area contributed by atoms with Crippen molar-refractivity contribution >= 4 is 22.5 Å². The summed E-state index contributed by atoms with van der Waals surface area (Å²) in [7, 11) is 0. The molecule has 22 heavy (non-hydrogen) atoms. The molecule has 0 fully saturated rings. The Balaban J connectivity index is 1.86. The third-order valence-corrected chi connectivity index (χ3v) is 3.44. The SMILES string of the molecule is CC(=O)c1cccc(OC(=O)c2ccc3ccccc3c2)c1. The Hall–Kier alpha value is -2.94. The molecule has 0 bridgehead atoms. The van der Waals surface area contributed by atoms with E-state index in [2.05, 4.69) is 0 Å². The first kappa shape index (κ1) is 14.0. The van der Waals surface area contributed by atoms with E-state index in [9.17, 15) is 9.59 Å². The Morgan fingerprint density at radius 3 is 2.32 bits per heavy atom. The van der Waals surface area contributed by atoms with E-state index in [0.717, 1.165) is 10.8 Å². The highest BCUT2D eigenvalue weighted by molar-refractivity contribution is 5.97. The first-order valence-corrected chi connectivity index (χ1v) is 6.95. The van der Waals surface area contributed by atoms with E-state index in [1.54, 1.807) is 36.4 Å². The molecule has 0 saturated heterocycles. The Morgan fingerprint density at radius 2 is 1.55 bits per heavy atom. The van der Waals surface area contributed by atoms with Gasteiger partial charge in [0.05, 0.1) is 5.56 Å². The first-order valence-electron chi connectivity index (χ1n) is 6.95. The summed E-state index contributed by atoms with van der Waals surface area (Å²) >= 11 is 0. The Bertz CT molecular complexity index is 865. The summed E-state index contributed by atoms with van der Waals surface area (Å²) in [6.45, 7) is 1.48. The molecule has 0 N–H and O–H groups in total. The first-order chi connectivity index (χ1) is 10.6. The highest BCUT2D eigenvalue weighted by atomic mass is 16.5. The molecule has 0 aromatic heterocycles. The van der Waals surface area contributed by atoms with Crippen LogP contribution in [0.15, 0.2) is 66.7 Å².